The molecule has 4 heteroatoms. The number of carbonyl (C=O) groups is 2. The van der Waals surface area contributed by atoms with E-state index in [1.54, 1.807) is 12.1 Å². The molecule has 0 aromatic heterocycles. The second-order valence-electron chi connectivity index (χ2n) is 4.29. The molecule has 17 heavy (non-hydrogen) atoms. The molecule has 1 fully saturated rings. The number of amides is 1. The number of nitrogens with one attached hydrogen (secondary N) is 1. The van der Waals surface area contributed by atoms with Crippen molar-refractivity contribution in [3.8, 4) is 0 Å². The van der Waals surface area contributed by atoms with Gasteiger partial charge in [0.05, 0.1) is 0 Å². The summed E-state index contributed by atoms with van der Waals surface area (Å²) < 4.78 is 0. The maximum atomic E-state index is 11.4. The third-order valence-electron chi connectivity index (χ3n) is 3.09. The quantitative estimate of drug-likeness (QED) is 0.831. The van der Waals surface area contributed by atoms with Crippen LogP contribution in [0.4, 0.5) is 0 Å². The first-order valence-corrected chi connectivity index (χ1v) is 5.75. The Morgan fingerprint density at radius 3 is 2.65 bits per heavy atom. The van der Waals surface area contributed by atoms with Gasteiger partial charge in [0.15, 0.2) is 0 Å². The van der Waals surface area contributed by atoms with E-state index in [2.05, 4.69) is 5.32 Å². The van der Waals surface area contributed by atoms with Crippen LogP contribution in [-0.2, 0) is 9.59 Å². The standard InChI is InChI=1S/C13H15NO3/c15-11-8-4-7-10(14-11)12(13(16)17)9-5-2-1-3-6-9/h1-3,5-6,10,12H,4,7-8H2,(H,14,15)(H,16,17)/t10-,12+/m0/s1. The van der Waals surface area contributed by atoms with E-state index in [4.69, 9.17) is 0 Å². The Morgan fingerprint density at radius 2 is 2.06 bits per heavy atom. The number of carbonyl (C=O) groups excluding carboxylic acids is 1. The van der Waals surface area contributed by atoms with Gasteiger partial charge in [0.2, 0.25) is 5.91 Å². The first-order valence-electron chi connectivity index (χ1n) is 5.75. The zero-order valence-corrected chi connectivity index (χ0v) is 9.43. The second kappa shape index (κ2) is 4.99. The number of aliphatic carboxylic acids is 1. The molecule has 1 saturated heterocycles. The van der Waals surface area contributed by atoms with Gasteiger partial charge in [0, 0.05) is 12.5 Å². The molecule has 0 unspecified atom stereocenters. The number of carboxylic acids is 1. The highest BCUT2D eigenvalue weighted by Gasteiger charge is 2.32. The Labute approximate surface area is 99.6 Å². The van der Waals surface area contributed by atoms with Gasteiger partial charge in [-0.2, -0.15) is 0 Å². The number of hydrogen-bond acceptors (Lipinski definition) is 2. The van der Waals surface area contributed by atoms with Crippen LogP contribution in [0.5, 0.6) is 0 Å². The summed E-state index contributed by atoms with van der Waals surface area (Å²) in [5, 5.41) is 12.1. The Hall–Kier alpha value is -1.84. The van der Waals surface area contributed by atoms with E-state index in [0.29, 0.717) is 6.42 Å². The first-order chi connectivity index (χ1) is 8.18. The largest absolute Gasteiger partial charge is 0.481 e. The fraction of sp³-hybridized carbons (Fsp3) is 0.385. The molecular weight excluding hydrogens is 218 g/mol. The van der Waals surface area contributed by atoms with Crippen LogP contribution in [-0.4, -0.2) is 23.0 Å². The van der Waals surface area contributed by atoms with Crippen molar-refractivity contribution in [2.45, 2.75) is 31.2 Å². The van der Waals surface area contributed by atoms with Crippen molar-refractivity contribution in [2.75, 3.05) is 0 Å². The monoisotopic (exact) mass is 233 g/mol. The summed E-state index contributed by atoms with van der Waals surface area (Å²) in [4.78, 5) is 22.7. The fourth-order valence-corrected chi connectivity index (χ4v) is 2.29. The van der Waals surface area contributed by atoms with Crippen molar-refractivity contribution in [3.05, 3.63) is 35.9 Å². The minimum absolute atomic E-state index is 0.0524. The molecule has 2 atom stereocenters. The van der Waals surface area contributed by atoms with E-state index in [0.717, 1.165) is 18.4 Å². The van der Waals surface area contributed by atoms with Crippen LogP contribution in [0.15, 0.2) is 30.3 Å². The Morgan fingerprint density at radius 1 is 1.35 bits per heavy atom. The summed E-state index contributed by atoms with van der Waals surface area (Å²) >= 11 is 0. The van der Waals surface area contributed by atoms with Crippen LogP contribution < -0.4 is 5.32 Å². The van der Waals surface area contributed by atoms with Crippen LogP contribution in [0.1, 0.15) is 30.7 Å². The maximum Gasteiger partial charge on any atom is 0.313 e. The smallest absolute Gasteiger partial charge is 0.313 e. The lowest BCUT2D eigenvalue weighted by Gasteiger charge is -2.28. The van der Waals surface area contributed by atoms with E-state index in [1.165, 1.54) is 0 Å². The normalized spacial score (nSPS) is 21.6. The van der Waals surface area contributed by atoms with E-state index < -0.39 is 11.9 Å². The van der Waals surface area contributed by atoms with Crippen LogP contribution in [0.3, 0.4) is 0 Å². The molecule has 90 valence electrons. The number of piperidine rings is 1. The first kappa shape index (κ1) is 11.6. The van der Waals surface area contributed by atoms with Crippen LogP contribution in [0, 0.1) is 0 Å². The number of benzene rings is 1. The topological polar surface area (TPSA) is 66.4 Å². The van der Waals surface area contributed by atoms with Gasteiger partial charge in [-0.3, -0.25) is 9.59 Å². The summed E-state index contributed by atoms with van der Waals surface area (Å²) in [5.41, 5.74) is 0.743. The third kappa shape index (κ3) is 2.64. The highest BCUT2D eigenvalue weighted by molar-refractivity contribution is 5.81. The maximum absolute atomic E-state index is 11.4. The molecule has 0 saturated carbocycles. The lowest BCUT2D eigenvalue weighted by molar-refractivity contribution is -0.140. The lowest BCUT2D eigenvalue weighted by Crippen LogP contribution is -2.44. The van der Waals surface area contributed by atoms with Crippen molar-refractivity contribution in [3.63, 3.8) is 0 Å². The predicted molar refractivity (Wildman–Crippen MR) is 62.6 cm³/mol. The van der Waals surface area contributed by atoms with Crippen molar-refractivity contribution >= 4 is 11.9 Å². The molecule has 0 aliphatic carbocycles. The Bertz CT molecular complexity index is 416. The molecule has 1 heterocycles. The highest BCUT2D eigenvalue weighted by atomic mass is 16.4. The summed E-state index contributed by atoms with van der Waals surface area (Å²) in [6, 6.07) is 8.77. The summed E-state index contributed by atoms with van der Waals surface area (Å²) in [6.07, 6.45) is 1.97. The highest BCUT2D eigenvalue weighted by Crippen LogP contribution is 2.25. The van der Waals surface area contributed by atoms with Gasteiger partial charge in [0.1, 0.15) is 5.92 Å². The minimum atomic E-state index is -0.886. The fourth-order valence-electron chi connectivity index (χ4n) is 2.29. The lowest BCUT2D eigenvalue weighted by atomic mass is 9.86. The zero-order chi connectivity index (χ0) is 12.3. The molecule has 1 aliphatic heterocycles. The van der Waals surface area contributed by atoms with Gasteiger partial charge in [-0.15, -0.1) is 0 Å². The molecule has 1 aromatic carbocycles. The van der Waals surface area contributed by atoms with Crippen LogP contribution >= 0.6 is 0 Å². The SMILES string of the molecule is O=C1CCC[C@@H]([C@H](C(=O)O)c2ccccc2)N1. The van der Waals surface area contributed by atoms with Crippen LogP contribution in [0.2, 0.25) is 0 Å². The summed E-state index contributed by atoms with van der Waals surface area (Å²) in [6.45, 7) is 0. The average Bonchev–Trinajstić information content (AvgIpc) is 2.30. The Kier molecular flexibility index (Phi) is 3.42. The Balaban J connectivity index is 2.23. The molecule has 1 aliphatic rings. The van der Waals surface area contributed by atoms with Gasteiger partial charge in [-0.25, -0.2) is 0 Å². The molecule has 0 radical (unpaired) electrons. The van der Waals surface area contributed by atoms with Gasteiger partial charge in [-0.05, 0) is 18.4 Å². The second-order valence-corrected chi connectivity index (χ2v) is 4.29. The molecule has 0 bridgehead atoms. The molecule has 1 amide bonds. The number of carboxylic acid groups (broad SMARTS) is 1. The van der Waals surface area contributed by atoms with Gasteiger partial charge < -0.3 is 10.4 Å². The van der Waals surface area contributed by atoms with E-state index in [-0.39, 0.29) is 11.9 Å². The molecule has 0 spiro atoms. The minimum Gasteiger partial charge on any atom is -0.481 e. The zero-order valence-electron chi connectivity index (χ0n) is 9.43. The van der Waals surface area contributed by atoms with Crippen molar-refractivity contribution in [1.82, 2.24) is 5.32 Å². The third-order valence-corrected chi connectivity index (χ3v) is 3.09. The number of hydrogen-bond donors (Lipinski definition) is 2. The van der Waals surface area contributed by atoms with E-state index in [1.807, 2.05) is 18.2 Å². The van der Waals surface area contributed by atoms with E-state index >= 15 is 0 Å². The van der Waals surface area contributed by atoms with Gasteiger partial charge in [-0.1, -0.05) is 30.3 Å². The summed E-state index contributed by atoms with van der Waals surface area (Å²) in [5.74, 6) is -1.59. The van der Waals surface area contributed by atoms with Crippen molar-refractivity contribution < 1.29 is 14.7 Å². The molecular formula is C13H15NO3. The molecule has 2 rings (SSSR count). The number of rotatable bonds is 3. The van der Waals surface area contributed by atoms with E-state index in [9.17, 15) is 14.7 Å². The van der Waals surface area contributed by atoms with Crippen molar-refractivity contribution in [1.29, 1.82) is 0 Å². The molecule has 2 N–H and O–H groups in total. The van der Waals surface area contributed by atoms with Crippen molar-refractivity contribution in [2.24, 2.45) is 0 Å². The van der Waals surface area contributed by atoms with Gasteiger partial charge >= 0.3 is 5.97 Å². The summed E-state index contributed by atoms with van der Waals surface area (Å²) in [7, 11) is 0. The van der Waals surface area contributed by atoms with Gasteiger partial charge in [0.25, 0.3) is 0 Å². The average molecular weight is 233 g/mol. The molecule has 4 nitrogen and oxygen atoms in total. The predicted octanol–water partition coefficient (Wildman–Crippen LogP) is 1.52. The molecule has 1 aromatic rings. The van der Waals surface area contributed by atoms with Crippen LogP contribution in [0.25, 0.3) is 0 Å².